The molecule has 21 heavy (non-hydrogen) atoms. The average molecular weight is 313 g/mol. The zero-order valence-electron chi connectivity index (χ0n) is 11.0. The van der Waals surface area contributed by atoms with Crippen LogP contribution in [0.2, 0.25) is 0 Å². The van der Waals surface area contributed by atoms with Crippen molar-refractivity contribution in [1.82, 2.24) is 14.8 Å². The van der Waals surface area contributed by atoms with Gasteiger partial charge < -0.3 is 5.11 Å². The molecule has 0 spiro atoms. The second-order valence-electron chi connectivity index (χ2n) is 4.48. The Hall–Kier alpha value is -2.29. The molecule has 9 heteroatoms. The van der Waals surface area contributed by atoms with Crippen molar-refractivity contribution in [3.63, 3.8) is 0 Å². The Morgan fingerprint density at radius 1 is 1.43 bits per heavy atom. The van der Waals surface area contributed by atoms with Crippen LogP contribution in [0.1, 0.15) is 10.4 Å². The van der Waals surface area contributed by atoms with Gasteiger partial charge in [0.1, 0.15) is 26.9 Å². The lowest BCUT2D eigenvalue weighted by atomic mass is 10.1. The molecule has 0 unspecified atom stereocenters. The van der Waals surface area contributed by atoms with Gasteiger partial charge in [-0.25, -0.2) is 17.6 Å². The van der Waals surface area contributed by atoms with E-state index in [2.05, 4.69) is 10.1 Å². The van der Waals surface area contributed by atoms with Crippen LogP contribution in [0.5, 0.6) is 0 Å². The van der Waals surface area contributed by atoms with Gasteiger partial charge in [0, 0.05) is 24.2 Å². The number of aryl methyl sites for hydroxylation is 1. The highest BCUT2D eigenvalue weighted by Crippen LogP contribution is 2.22. The summed E-state index contributed by atoms with van der Waals surface area (Å²) in [5.41, 5.74) is 0.115. The molecule has 0 saturated heterocycles. The second kappa shape index (κ2) is 5.60. The Bertz CT molecular complexity index is 786. The van der Waals surface area contributed by atoms with Crippen molar-refractivity contribution < 1.29 is 22.7 Å². The van der Waals surface area contributed by atoms with E-state index in [4.69, 9.17) is 5.11 Å². The molecule has 0 aliphatic rings. The Kier molecular flexibility index (Phi) is 4.03. The summed E-state index contributed by atoms with van der Waals surface area (Å²) in [5.74, 6) is -2.02. The molecule has 0 radical (unpaired) electrons. The molecule has 0 fully saturated rings. The molecule has 0 aliphatic carbocycles. The molecule has 0 aromatic carbocycles. The van der Waals surface area contributed by atoms with E-state index < -0.39 is 21.6 Å². The van der Waals surface area contributed by atoms with Crippen LogP contribution >= 0.6 is 0 Å². The van der Waals surface area contributed by atoms with Crippen LogP contribution < -0.4 is 0 Å². The van der Waals surface area contributed by atoms with Crippen molar-refractivity contribution in [2.75, 3.05) is 12.0 Å². The molecule has 2 aromatic heterocycles. The summed E-state index contributed by atoms with van der Waals surface area (Å²) in [6.45, 7) is 0.0157. The van der Waals surface area contributed by atoms with Crippen LogP contribution in [0.4, 0.5) is 4.39 Å². The maximum absolute atomic E-state index is 13.2. The van der Waals surface area contributed by atoms with Gasteiger partial charge >= 0.3 is 5.97 Å². The first-order valence-electron chi connectivity index (χ1n) is 5.85. The maximum Gasteiger partial charge on any atom is 0.339 e. The predicted molar refractivity (Wildman–Crippen MR) is 72.1 cm³/mol. The molecule has 0 saturated carbocycles. The van der Waals surface area contributed by atoms with Crippen molar-refractivity contribution in [1.29, 1.82) is 0 Å². The van der Waals surface area contributed by atoms with Crippen LogP contribution in [0.15, 0.2) is 24.7 Å². The van der Waals surface area contributed by atoms with Crippen LogP contribution in [-0.4, -0.2) is 46.3 Å². The number of pyridine rings is 1. The molecular formula is C12H12FN3O4S. The van der Waals surface area contributed by atoms with E-state index in [1.54, 1.807) is 0 Å². The third-order valence-electron chi connectivity index (χ3n) is 2.66. The van der Waals surface area contributed by atoms with Crippen LogP contribution in [-0.2, 0) is 16.4 Å². The summed E-state index contributed by atoms with van der Waals surface area (Å²) < 4.78 is 36.6. The van der Waals surface area contributed by atoms with Gasteiger partial charge in [-0.15, -0.1) is 0 Å². The lowest BCUT2D eigenvalue weighted by Crippen LogP contribution is -2.11. The number of aromatic carboxylic acids is 1. The van der Waals surface area contributed by atoms with Gasteiger partial charge in [0.25, 0.3) is 0 Å². The highest BCUT2D eigenvalue weighted by atomic mass is 32.2. The number of rotatable bonds is 5. The summed E-state index contributed by atoms with van der Waals surface area (Å²) in [5, 5.41) is 13.2. The standard InChI is InChI=1S/C12H12FN3O4S/c1-21(19,20)3-2-16-7-10(12(17)18)11(15-16)8-4-9(13)6-14-5-8/h4-7H,2-3H2,1H3,(H,17,18). The van der Waals surface area contributed by atoms with E-state index in [0.29, 0.717) is 0 Å². The van der Waals surface area contributed by atoms with Crippen LogP contribution in [0.3, 0.4) is 0 Å². The molecule has 2 aromatic rings. The molecule has 0 aliphatic heterocycles. The van der Waals surface area contributed by atoms with Crippen LogP contribution in [0, 0.1) is 5.82 Å². The molecule has 1 N–H and O–H groups in total. The van der Waals surface area contributed by atoms with Crippen molar-refractivity contribution in [2.45, 2.75) is 6.54 Å². The molecule has 0 bridgehead atoms. The smallest absolute Gasteiger partial charge is 0.339 e. The summed E-state index contributed by atoms with van der Waals surface area (Å²) in [7, 11) is -3.20. The summed E-state index contributed by atoms with van der Waals surface area (Å²) in [6.07, 6.45) is 4.57. The molecule has 7 nitrogen and oxygen atoms in total. The Morgan fingerprint density at radius 3 is 2.71 bits per heavy atom. The number of carboxylic acids is 1. The largest absolute Gasteiger partial charge is 0.478 e. The van der Waals surface area contributed by atoms with E-state index in [9.17, 15) is 17.6 Å². The fourth-order valence-electron chi connectivity index (χ4n) is 1.71. The number of hydrogen-bond donors (Lipinski definition) is 1. The number of sulfone groups is 1. The fourth-order valence-corrected chi connectivity index (χ4v) is 2.23. The van der Waals surface area contributed by atoms with Gasteiger partial charge in [0.15, 0.2) is 0 Å². The average Bonchev–Trinajstić information content (AvgIpc) is 2.80. The number of carboxylic acid groups (broad SMARTS) is 1. The summed E-state index contributed by atoms with van der Waals surface area (Å²) in [6, 6.07) is 1.11. The lowest BCUT2D eigenvalue weighted by Gasteiger charge is -2.00. The van der Waals surface area contributed by atoms with E-state index in [1.165, 1.54) is 17.1 Å². The highest BCUT2D eigenvalue weighted by Gasteiger charge is 2.18. The van der Waals surface area contributed by atoms with Gasteiger partial charge in [0.2, 0.25) is 0 Å². The quantitative estimate of drug-likeness (QED) is 0.877. The summed E-state index contributed by atoms with van der Waals surface area (Å²) >= 11 is 0. The first-order valence-corrected chi connectivity index (χ1v) is 7.92. The zero-order chi connectivity index (χ0) is 15.6. The minimum Gasteiger partial charge on any atom is -0.478 e. The third-order valence-corrected chi connectivity index (χ3v) is 3.59. The fraction of sp³-hybridized carbons (Fsp3) is 0.250. The molecule has 2 rings (SSSR count). The number of nitrogens with zero attached hydrogens (tertiary/aromatic N) is 3. The first-order chi connectivity index (χ1) is 9.76. The van der Waals surface area contributed by atoms with Crippen molar-refractivity contribution in [3.8, 4) is 11.3 Å². The molecule has 0 amide bonds. The van der Waals surface area contributed by atoms with Gasteiger partial charge in [-0.05, 0) is 6.07 Å². The summed E-state index contributed by atoms with van der Waals surface area (Å²) in [4.78, 5) is 14.9. The zero-order valence-corrected chi connectivity index (χ0v) is 11.8. The molecule has 0 atom stereocenters. The van der Waals surface area contributed by atoms with Crippen LogP contribution in [0.25, 0.3) is 11.3 Å². The minimum absolute atomic E-state index is 0.0157. The van der Waals surface area contributed by atoms with Gasteiger partial charge in [-0.1, -0.05) is 0 Å². The molecule has 112 valence electrons. The molecular weight excluding hydrogens is 301 g/mol. The van der Waals surface area contributed by atoms with Gasteiger partial charge in [-0.3, -0.25) is 9.67 Å². The third kappa shape index (κ3) is 3.85. The Morgan fingerprint density at radius 2 is 2.14 bits per heavy atom. The van der Waals surface area contributed by atoms with E-state index in [-0.39, 0.29) is 29.1 Å². The van der Waals surface area contributed by atoms with E-state index in [1.807, 2.05) is 0 Å². The Labute approximate surface area is 120 Å². The minimum atomic E-state index is -3.20. The van der Waals surface area contributed by atoms with Crippen molar-refractivity contribution in [2.24, 2.45) is 0 Å². The SMILES string of the molecule is CS(=O)(=O)CCn1cc(C(=O)O)c(-c2cncc(F)c2)n1. The van der Waals surface area contributed by atoms with E-state index >= 15 is 0 Å². The van der Waals surface area contributed by atoms with Crippen molar-refractivity contribution >= 4 is 15.8 Å². The number of hydrogen-bond acceptors (Lipinski definition) is 5. The van der Waals surface area contributed by atoms with Gasteiger partial charge in [-0.2, -0.15) is 5.10 Å². The topological polar surface area (TPSA) is 102 Å². The number of carbonyl (C=O) groups is 1. The van der Waals surface area contributed by atoms with E-state index in [0.717, 1.165) is 18.5 Å². The Balaban J connectivity index is 2.41. The number of halogens is 1. The monoisotopic (exact) mass is 313 g/mol. The van der Waals surface area contributed by atoms with Gasteiger partial charge in [0.05, 0.1) is 18.5 Å². The highest BCUT2D eigenvalue weighted by molar-refractivity contribution is 7.90. The van der Waals surface area contributed by atoms with Crippen molar-refractivity contribution in [3.05, 3.63) is 36.0 Å². The second-order valence-corrected chi connectivity index (χ2v) is 6.74. The number of aromatic nitrogens is 3. The lowest BCUT2D eigenvalue weighted by molar-refractivity contribution is 0.0697. The maximum atomic E-state index is 13.2. The molecule has 2 heterocycles. The predicted octanol–water partition coefficient (Wildman–Crippen LogP) is 0.827. The normalized spacial score (nSPS) is 11.5. The first kappa shape index (κ1) is 15.1.